The molecule has 0 bridgehead atoms. The van der Waals surface area contributed by atoms with Gasteiger partial charge in [0, 0.05) is 12.5 Å². The monoisotopic (exact) mass is 257 g/mol. The molecule has 0 spiro atoms. The van der Waals surface area contributed by atoms with E-state index in [0.29, 0.717) is 11.7 Å². The summed E-state index contributed by atoms with van der Waals surface area (Å²) in [5.41, 5.74) is 2.41. The van der Waals surface area contributed by atoms with Gasteiger partial charge in [0.1, 0.15) is 0 Å². The first-order valence-corrected chi connectivity index (χ1v) is 6.91. The lowest BCUT2D eigenvalue weighted by molar-refractivity contribution is 0.372. The molecule has 19 heavy (non-hydrogen) atoms. The fraction of sp³-hybridized carbons (Fsp3) is 0.467. The number of hydrogen-bond donors (Lipinski definition) is 1. The summed E-state index contributed by atoms with van der Waals surface area (Å²) in [4.78, 5) is 4.28. The predicted octanol–water partition coefficient (Wildman–Crippen LogP) is 2.59. The molecule has 0 saturated carbocycles. The van der Waals surface area contributed by atoms with Crippen molar-refractivity contribution >= 4 is 0 Å². The molecule has 0 aliphatic carbocycles. The van der Waals surface area contributed by atoms with Gasteiger partial charge in [0.25, 0.3) is 0 Å². The first-order chi connectivity index (χ1) is 9.31. The molecule has 1 aliphatic rings. The standard InChI is InChI=1S/C15H19N3O/c1-11-17-15(18-19-11)14-4-2-3-13(10-14)9-12-5-7-16-8-6-12/h2-4,10,12,16H,5-9H2,1H3. The third kappa shape index (κ3) is 3.01. The van der Waals surface area contributed by atoms with Gasteiger partial charge in [-0.2, -0.15) is 4.98 Å². The molecule has 0 atom stereocenters. The molecule has 1 aliphatic heterocycles. The summed E-state index contributed by atoms with van der Waals surface area (Å²) in [5.74, 6) is 2.09. The largest absolute Gasteiger partial charge is 0.339 e. The molecule has 4 nitrogen and oxygen atoms in total. The van der Waals surface area contributed by atoms with Crippen LogP contribution in [0, 0.1) is 12.8 Å². The van der Waals surface area contributed by atoms with E-state index in [-0.39, 0.29) is 0 Å². The highest BCUT2D eigenvalue weighted by molar-refractivity contribution is 5.55. The number of nitrogens with zero attached hydrogens (tertiary/aromatic N) is 2. The van der Waals surface area contributed by atoms with Gasteiger partial charge in [0.15, 0.2) is 0 Å². The Morgan fingerprint density at radius 2 is 2.16 bits per heavy atom. The van der Waals surface area contributed by atoms with Gasteiger partial charge in [0.05, 0.1) is 0 Å². The summed E-state index contributed by atoms with van der Waals surface area (Å²) < 4.78 is 5.04. The molecule has 0 unspecified atom stereocenters. The van der Waals surface area contributed by atoms with E-state index in [0.717, 1.165) is 31.0 Å². The van der Waals surface area contributed by atoms with Crippen molar-refractivity contribution in [3.63, 3.8) is 0 Å². The molecule has 4 heteroatoms. The average molecular weight is 257 g/mol. The van der Waals surface area contributed by atoms with Crippen molar-refractivity contribution in [1.82, 2.24) is 15.5 Å². The van der Waals surface area contributed by atoms with Gasteiger partial charge in [-0.25, -0.2) is 0 Å². The number of benzene rings is 1. The van der Waals surface area contributed by atoms with Crippen molar-refractivity contribution in [1.29, 1.82) is 0 Å². The Morgan fingerprint density at radius 1 is 1.32 bits per heavy atom. The fourth-order valence-corrected chi connectivity index (χ4v) is 2.67. The maximum Gasteiger partial charge on any atom is 0.223 e. The maximum atomic E-state index is 5.04. The van der Waals surface area contributed by atoms with Crippen LogP contribution in [-0.2, 0) is 6.42 Å². The van der Waals surface area contributed by atoms with E-state index >= 15 is 0 Å². The zero-order valence-electron chi connectivity index (χ0n) is 11.2. The molecular formula is C15H19N3O. The Labute approximate surface area is 113 Å². The fourth-order valence-electron chi connectivity index (χ4n) is 2.67. The quantitative estimate of drug-likeness (QED) is 0.918. The second kappa shape index (κ2) is 5.53. The lowest BCUT2D eigenvalue weighted by atomic mass is 9.90. The number of aryl methyl sites for hydroxylation is 1. The predicted molar refractivity (Wildman–Crippen MR) is 73.8 cm³/mol. The van der Waals surface area contributed by atoms with Crippen LogP contribution in [-0.4, -0.2) is 23.2 Å². The molecule has 1 saturated heterocycles. The van der Waals surface area contributed by atoms with Crippen molar-refractivity contribution in [2.45, 2.75) is 26.2 Å². The van der Waals surface area contributed by atoms with Crippen molar-refractivity contribution in [3.05, 3.63) is 35.7 Å². The summed E-state index contributed by atoms with van der Waals surface area (Å²) in [6.45, 7) is 4.11. The van der Waals surface area contributed by atoms with E-state index in [4.69, 9.17) is 4.52 Å². The Bertz CT molecular complexity index is 544. The summed E-state index contributed by atoms with van der Waals surface area (Å²) in [6, 6.07) is 8.50. The molecular weight excluding hydrogens is 238 g/mol. The van der Waals surface area contributed by atoms with Crippen LogP contribution in [0.15, 0.2) is 28.8 Å². The van der Waals surface area contributed by atoms with Gasteiger partial charge in [-0.05, 0) is 49.9 Å². The van der Waals surface area contributed by atoms with E-state index in [1.807, 2.05) is 13.0 Å². The molecule has 0 amide bonds. The van der Waals surface area contributed by atoms with Crippen LogP contribution in [0.3, 0.4) is 0 Å². The smallest absolute Gasteiger partial charge is 0.223 e. The summed E-state index contributed by atoms with van der Waals surface area (Å²) in [7, 11) is 0. The Balaban J connectivity index is 1.75. The van der Waals surface area contributed by atoms with E-state index in [9.17, 15) is 0 Å². The van der Waals surface area contributed by atoms with E-state index in [1.54, 1.807) is 0 Å². The average Bonchev–Trinajstić information content (AvgIpc) is 2.87. The Morgan fingerprint density at radius 3 is 2.89 bits per heavy atom. The molecule has 100 valence electrons. The van der Waals surface area contributed by atoms with Crippen LogP contribution < -0.4 is 5.32 Å². The number of nitrogens with one attached hydrogen (secondary N) is 1. The van der Waals surface area contributed by atoms with Gasteiger partial charge in [-0.3, -0.25) is 0 Å². The SMILES string of the molecule is Cc1nc(-c2cccc(CC3CCNCC3)c2)no1. The summed E-state index contributed by atoms with van der Waals surface area (Å²) in [5, 5.41) is 7.39. The minimum absolute atomic E-state index is 0.610. The van der Waals surface area contributed by atoms with Crippen LogP contribution in [0.4, 0.5) is 0 Å². The maximum absolute atomic E-state index is 5.04. The minimum atomic E-state index is 0.610. The molecule has 1 N–H and O–H groups in total. The Kier molecular flexibility index (Phi) is 3.60. The van der Waals surface area contributed by atoms with Crippen molar-refractivity contribution in [2.75, 3.05) is 13.1 Å². The second-order valence-electron chi connectivity index (χ2n) is 5.23. The first kappa shape index (κ1) is 12.4. The molecule has 1 fully saturated rings. The topological polar surface area (TPSA) is 51.0 Å². The summed E-state index contributed by atoms with van der Waals surface area (Å²) in [6.07, 6.45) is 3.68. The molecule has 1 aromatic heterocycles. The first-order valence-electron chi connectivity index (χ1n) is 6.91. The Hall–Kier alpha value is -1.68. The van der Waals surface area contributed by atoms with Gasteiger partial charge in [0.2, 0.25) is 11.7 Å². The highest BCUT2D eigenvalue weighted by Gasteiger charge is 2.14. The van der Waals surface area contributed by atoms with Crippen molar-refractivity contribution in [3.8, 4) is 11.4 Å². The van der Waals surface area contributed by atoms with Gasteiger partial charge < -0.3 is 9.84 Å². The van der Waals surface area contributed by atoms with E-state index < -0.39 is 0 Å². The molecule has 3 rings (SSSR count). The minimum Gasteiger partial charge on any atom is -0.339 e. The van der Waals surface area contributed by atoms with Crippen LogP contribution in [0.5, 0.6) is 0 Å². The lowest BCUT2D eigenvalue weighted by Crippen LogP contribution is -2.28. The number of hydrogen-bond acceptors (Lipinski definition) is 4. The highest BCUT2D eigenvalue weighted by Crippen LogP contribution is 2.22. The van der Waals surface area contributed by atoms with Crippen LogP contribution in [0.25, 0.3) is 11.4 Å². The van der Waals surface area contributed by atoms with Gasteiger partial charge in [-0.15, -0.1) is 0 Å². The highest BCUT2D eigenvalue weighted by atomic mass is 16.5. The zero-order valence-corrected chi connectivity index (χ0v) is 11.2. The van der Waals surface area contributed by atoms with Crippen molar-refractivity contribution in [2.24, 2.45) is 5.92 Å². The summed E-state index contributed by atoms with van der Waals surface area (Å²) >= 11 is 0. The molecule has 2 aromatic rings. The van der Waals surface area contributed by atoms with Crippen LogP contribution >= 0.6 is 0 Å². The van der Waals surface area contributed by atoms with Crippen LogP contribution in [0.2, 0.25) is 0 Å². The molecule has 2 heterocycles. The van der Waals surface area contributed by atoms with Gasteiger partial charge >= 0.3 is 0 Å². The molecule has 1 aromatic carbocycles. The lowest BCUT2D eigenvalue weighted by Gasteiger charge is -2.22. The van der Waals surface area contributed by atoms with Gasteiger partial charge in [-0.1, -0.05) is 23.4 Å². The van der Waals surface area contributed by atoms with Crippen LogP contribution in [0.1, 0.15) is 24.3 Å². The number of rotatable bonds is 3. The zero-order chi connectivity index (χ0) is 13.1. The van der Waals surface area contributed by atoms with E-state index in [1.165, 1.54) is 18.4 Å². The second-order valence-corrected chi connectivity index (χ2v) is 5.23. The number of piperidine rings is 1. The normalized spacial score (nSPS) is 16.7. The third-order valence-corrected chi connectivity index (χ3v) is 3.70. The number of aromatic nitrogens is 2. The molecule has 0 radical (unpaired) electrons. The third-order valence-electron chi connectivity index (χ3n) is 3.70. The van der Waals surface area contributed by atoms with E-state index in [2.05, 4.69) is 33.7 Å². The van der Waals surface area contributed by atoms with Crippen molar-refractivity contribution < 1.29 is 4.52 Å².